The van der Waals surface area contributed by atoms with Gasteiger partial charge in [0, 0.05) is 11.1 Å². The molecule has 0 aromatic heterocycles. The zero-order chi connectivity index (χ0) is 24.7. The summed E-state index contributed by atoms with van der Waals surface area (Å²) < 4.78 is 31.8. The lowest BCUT2D eigenvalue weighted by molar-refractivity contribution is -0.141. The van der Waals surface area contributed by atoms with Crippen LogP contribution in [-0.4, -0.2) is 24.8 Å². The summed E-state index contributed by atoms with van der Waals surface area (Å²) in [6, 6.07) is 17.7. The van der Waals surface area contributed by atoms with E-state index in [9.17, 15) is 14.3 Å². The molecule has 2 atom stereocenters. The molecular weight excluding hydrogens is 435 g/mol. The summed E-state index contributed by atoms with van der Waals surface area (Å²) in [5.41, 5.74) is 2.83. The minimum absolute atomic E-state index is 0.146. The van der Waals surface area contributed by atoms with Gasteiger partial charge >= 0.3 is 5.97 Å². The summed E-state index contributed by atoms with van der Waals surface area (Å²) in [6.07, 6.45) is 0.820. The molecule has 3 aromatic rings. The molecule has 0 saturated carbocycles. The van der Waals surface area contributed by atoms with E-state index in [0.717, 1.165) is 17.5 Å². The third kappa shape index (κ3) is 6.07. The van der Waals surface area contributed by atoms with Crippen molar-refractivity contribution in [2.45, 2.75) is 39.7 Å². The van der Waals surface area contributed by atoms with Crippen molar-refractivity contribution < 1.29 is 28.5 Å². The van der Waals surface area contributed by atoms with Crippen LogP contribution in [0.3, 0.4) is 0 Å². The number of hydrogen-bond donors (Lipinski definition) is 1. The zero-order valence-electron chi connectivity index (χ0n) is 20.0. The number of aliphatic carboxylic acids is 1. The number of methoxy groups -OCH3 is 1. The van der Waals surface area contributed by atoms with Gasteiger partial charge in [-0.05, 0) is 59.9 Å². The van der Waals surface area contributed by atoms with Crippen LogP contribution in [0.2, 0.25) is 0 Å². The van der Waals surface area contributed by atoms with Gasteiger partial charge in [-0.1, -0.05) is 45.0 Å². The van der Waals surface area contributed by atoms with E-state index in [1.807, 2.05) is 56.3 Å². The van der Waals surface area contributed by atoms with Gasteiger partial charge in [-0.15, -0.1) is 0 Å². The monoisotopic (exact) mass is 466 g/mol. The summed E-state index contributed by atoms with van der Waals surface area (Å²) in [5.74, 6) is -0.0332. The number of hydrogen-bond acceptors (Lipinski definition) is 4. The average molecular weight is 467 g/mol. The fourth-order valence-electron chi connectivity index (χ4n) is 3.61. The molecule has 1 N–H and O–H groups in total. The molecule has 180 valence electrons. The molecule has 1 unspecified atom stereocenters. The van der Waals surface area contributed by atoms with Crippen molar-refractivity contribution in [3.05, 3.63) is 77.6 Å². The van der Waals surface area contributed by atoms with Gasteiger partial charge in [0.05, 0.1) is 19.6 Å². The second-order valence-electron chi connectivity index (χ2n) is 8.30. The van der Waals surface area contributed by atoms with Crippen LogP contribution in [0.4, 0.5) is 4.39 Å². The maximum absolute atomic E-state index is 14.6. The maximum atomic E-state index is 14.6. The summed E-state index contributed by atoms with van der Waals surface area (Å²) in [7, 11) is 1.55. The Balaban J connectivity index is 1.82. The molecule has 0 fully saturated rings. The van der Waals surface area contributed by atoms with Gasteiger partial charge in [-0.3, -0.25) is 4.79 Å². The fraction of sp³-hybridized carbons (Fsp3) is 0.321. The first-order chi connectivity index (χ1) is 16.3. The molecule has 0 bridgehead atoms. The Kier molecular flexibility index (Phi) is 8.52. The van der Waals surface area contributed by atoms with E-state index in [1.165, 1.54) is 6.07 Å². The molecule has 5 nitrogen and oxygen atoms in total. The number of ether oxygens (including phenoxy) is 3. The van der Waals surface area contributed by atoms with Crippen LogP contribution in [0.1, 0.15) is 44.2 Å². The van der Waals surface area contributed by atoms with Crippen LogP contribution < -0.4 is 14.2 Å². The molecule has 3 aromatic carbocycles. The van der Waals surface area contributed by atoms with Gasteiger partial charge in [-0.25, -0.2) is 4.39 Å². The highest BCUT2D eigenvalue weighted by Crippen LogP contribution is 2.35. The van der Waals surface area contributed by atoms with Gasteiger partial charge in [-0.2, -0.15) is 0 Å². The highest BCUT2D eigenvalue weighted by molar-refractivity contribution is 5.73. The molecule has 6 heteroatoms. The highest BCUT2D eigenvalue weighted by Gasteiger charge is 2.21. The number of benzene rings is 3. The topological polar surface area (TPSA) is 65.0 Å². The molecule has 0 amide bonds. The Morgan fingerprint density at radius 1 is 0.971 bits per heavy atom. The van der Waals surface area contributed by atoms with Crippen molar-refractivity contribution >= 4 is 5.97 Å². The van der Waals surface area contributed by atoms with Crippen molar-refractivity contribution in [1.82, 2.24) is 0 Å². The number of carboxylic acid groups (broad SMARTS) is 1. The Morgan fingerprint density at radius 2 is 1.76 bits per heavy atom. The Labute approximate surface area is 200 Å². The van der Waals surface area contributed by atoms with E-state index in [1.54, 1.807) is 26.2 Å². The molecule has 0 aliphatic carbocycles. The lowest BCUT2D eigenvalue weighted by Crippen LogP contribution is -2.16. The minimum Gasteiger partial charge on any atom is -0.497 e. The van der Waals surface area contributed by atoms with Crippen LogP contribution in [-0.2, 0) is 11.4 Å². The van der Waals surface area contributed by atoms with Crippen molar-refractivity contribution in [1.29, 1.82) is 0 Å². The van der Waals surface area contributed by atoms with Crippen LogP contribution in [0.5, 0.6) is 17.2 Å². The molecule has 0 heterocycles. The van der Waals surface area contributed by atoms with Gasteiger partial charge in [0.25, 0.3) is 0 Å². The fourth-order valence-corrected chi connectivity index (χ4v) is 3.61. The minimum atomic E-state index is -0.828. The van der Waals surface area contributed by atoms with Crippen molar-refractivity contribution in [2.75, 3.05) is 13.7 Å². The molecule has 0 aliphatic rings. The van der Waals surface area contributed by atoms with E-state index < -0.39 is 11.9 Å². The smallest absolute Gasteiger partial charge is 0.306 e. The summed E-state index contributed by atoms with van der Waals surface area (Å²) in [5, 5.41) is 9.30. The van der Waals surface area contributed by atoms with Gasteiger partial charge in [0.2, 0.25) is 0 Å². The first kappa shape index (κ1) is 25.1. The predicted octanol–water partition coefficient (Wildman–Crippen LogP) is 6.69. The second-order valence-corrected chi connectivity index (χ2v) is 8.30. The SMILES string of the molecule is CCCOc1cc(COc2cccc([C@H](C)C(C)C(=O)O)c2)ccc1-c1cc(OC)ccc1F. The van der Waals surface area contributed by atoms with E-state index in [0.29, 0.717) is 35.0 Å². The van der Waals surface area contributed by atoms with Crippen molar-refractivity contribution in [3.63, 3.8) is 0 Å². The van der Waals surface area contributed by atoms with E-state index in [-0.39, 0.29) is 18.3 Å². The molecule has 0 spiro atoms. The van der Waals surface area contributed by atoms with E-state index in [4.69, 9.17) is 14.2 Å². The summed E-state index contributed by atoms with van der Waals surface area (Å²) in [6.45, 7) is 6.40. The lowest BCUT2D eigenvalue weighted by atomic mass is 9.89. The number of rotatable bonds is 11. The second kappa shape index (κ2) is 11.5. The standard InChI is InChI=1S/C28H31FO5/c1-5-13-33-27-14-20(9-11-24(27)25-16-22(32-4)10-12-26(25)29)17-34-23-8-6-7-21(15-23)18(2)19(3)28(30)31/h6-12,14-16,18-19H,5,13,17H2,1-4H3,(H,30,31)/t18-,19?/m1/s1. The Hall–Kier alpha value is -3.54. The largest absolute Gasteiger partial charge is 0.497 e. The quantitative estimate of drug-likeness (QED) is 0.341. The Bertz CT molecular complexity index is 1130. The van der Waals surface area contributed by atoms with Crippen LogP contribution >= 0.6 is 0 Å². The van der Waals surface area contributed by atoms with Crippen molar-refractivity contribution in [3.8, 4) is 28.4 Å². The van der Waals surface area contributed by atoms with Crippen molar-refractivity contribution in [2.24, 2.45) is 5.92 Å². The Morgan fingerprint density at radius 3 is 2.47 bits per heavy atom. The molecule has 0 radical (unpaired) electrons. The van der Waals surface area contributed by atoms with Crippen LogP contribution in [0.15, 0.2) is 60.7 Å². The normalized spacial score (nSPS) is 12.6. The van der Waals surface area contributed by atoms with Crippen LogP contribution in [0, 0.1) is 11.7 Å². The maximum Gasteiger partial charge on any atom is 0.306 e. The van der Waals surface area contributed by atoms with Crippen LogP contribution in [0.25, 0.3) is 11.1 Å². The van der Waals surface area contributed by atoms with Gasteiger partial charge in [0.1, 0.15) is 29.7 Å². The molecule has 34 heavy (non-hydrogen) atoms. The summed E-state index contributed by atoms with van der Waals surface area (Å²) in [4.78, 5) is 11.3. The number of carbonyl (C=O) groups is 1. The lowest BCUT2D eigenvalue weighted by Gasteiger charge is -2.18. The molecular formula is C28H31FO5. The third-order valence-electron chi connectivity index (χ3n) is 5.90. The molecule has 0 aliphatic heterocycles. The van der Waals surface area contributed by atoms with Gasteiger partial charge in [0.15, 0.2) is 0 Å². The number of carboxylic acids is 1. The first-order valence-corrected chi connectivity index (χ1v) is 11.4. The average Bonchev–Trinajstić information content (AvgIpc) is 2.86. The third-order valence-corrected chi connectivity index (χ3v) is 5.90. The van der Waals surface area contributed by atoms with Gasteiger partial charge < -0.3 is 19.3 Å². The number of halogens is 1. The zero-order valence-corrected chi connectivity index (χ0v) is 20.0. The molecule has 0 saturated heterocycles. The summed E-state index contributed by atoms with van der Waals surface area (Å²) >= 11 is 0. The molecule has 3 rings (SSSR count). The first-order valence-electron chi connectivity index (χ1n) is 11.4. The van der Waals surface area contributed by atoms with E-state index >= 15 is 0 Å². The predicted molar refractivity (Wildman–Crippen MR) is 130 cm³/mol. The van der Waals surface area contributed by atoms with E-state index in [2.05, 4.69) is 0 Å². The highest BCUT2D eigenvalue weighted by atomic mass is 19.1.